The van der Waals surface area contributed by atoms with Gasteiger partial charge in [0.2, 0.25) is 0 Å². The van der Waals surface area contributed by atoms with Crippen LogP contribution in [0.3, 0.4) is 0 Å². The molecule has 0 heterocycles. The maximum atomic E-state index is 13.7. The van der Waals surface area contributed by atoms with Crippen LogP contribution in [0.15, 0.2) is 18.2 Å². The molecule has 0 aliphatic rings. The Morgan fingerprint density at radius 3 is 2.12 bits per heavy atom. The second-order valence-electron chi connectivity index (χ2n) is 4.90. The summed E-state index contributed by atoms with van der Waals surface area (Å²) in [5.74, 6) is -9.50. The summed E-state index contributed by atoms with van der Waals surface area (Å²) in [6.07, 6.45) is -4.83. The minimum atomic E-state index is -4.83. The summed E-state index contributed by atoms with van der Waals surface area (Å²) in [7, 11) is 0. The van der Waals surface area contributed by atoms with Gasteiger partial charge in [-0.05, 0) is 25.1 Å². The Labute approximate surface area is 141 Å². The monoisotopic (exact) mass is 385 g/mol. The fourth-order valence-electron chi connectivity index (χ4n) is 2.03. The van der Waals surface area contributed by atoms with E-state index in [4.69, 9.17) is 11.6 Å². The Morgan fingerprint density at radius 2 is 1.56 bits per heavy atom. The van der Waals surface area contributed by atoms with Crippen molar-refractivity contribution in [2.45, 2.75) is 13.1 Å². The molecule has 0 spiro atoms. The van der Waals surface area contributed by atoms with Crippen LogP contribution < -0.4 is 5.32 Å². The Bertz CT molecular complexity index is 835. The van der Waals surface area contributed by atoms with Crippen LogP contribution in [-0.4, -0.2) is 5.91 Å². The van der Waals surface area contributed by atoms with Gasteiger partial charge in [0.15, 0.2) is 23.3 Å². The van der Waals surface area contributed by atoms with Crippen molar-refractivity contribution in [1.82, 2.24) is 0 Å². The number of rotatable bonds is 2. The molecular weight excluding hydrogens is 379 g/mol. The lowest BCUT2D eigenvalue weighted by Gasteiger charge is -2.13. The van der Waals surface area contributed by atoms with E-state index in [1.54, 1.807) is 0 Å². The third kappa shape index (κ3) is 3.55. The van der Waals surface area contributed by atoms with E-state index in [0.29, 0.717) is 6.07 Å². The topological polar surface area (TPSA) is 29.1 Å². The van der Waals surface area contributed by atoms with E-state index in [1.165, 1.54) is 0 Å². The SMILES string of the molecule is Cc1c(F)c(F)c(F)c(F)c1C(=O)Nc1ccc(Cl)c(C(F)(F)F)c1. The Hall–Kier alpha value is -2.29. The summed E-state index contributed by atoms with van der Waals surface area (Å²) in [6.45, 7) is 0.818. The van der Waals surface area contributed by atoms with Gasteiger partial charge in [0.05, 0.1) is 16.1 Å². The number of hydrogen-bond acceptors (Lipinski definition) is 1. The standard InChI is InChI=1S/C15H7ClF7NO/c1-5-9(11(18)13(20)12(19)10(5)17)14(25)24-6-2-3-8(16)7(4-6)15(21,22)23/h2-4H,1H3,(H,24,25). The van der Waals surface area contributed by atoms with Crippen molar-refractivity contribution in [3.63, 3.8) is 0 Å². The summed E-state index contributed by atoms with van der Waals surface area (Å²) < 4.78 is 91.9. The van der Waals surface area contributed by atoms with Gasteiger partial charge in [-0.15, -0.1) is 0 Å². The van der Waals surface area contributed by atoms with Gasteiger partial charge in [0, 0.05) is 11.3 Å². The Morgan fingerprint density at radius 1 is 1.00 bits per heavy atom. The molecule has 2 aromatic carbocycles. The van der Waals surface area contributed by atoms with Crippen LogP contribution >= 0.6 is 11.6 Å². The second kappa shape index (κ2) is 6.55. The highest BCUT2D eigenvalue weighted by atomic mass is 35.5. The quantitative estimate of drug-likeness (QED) is 0.414. The highest BCUT2D eigenvalue weighted by Crippen LogP contribution is 2.36. The summed E-state index contributed by atoms with van der Waals surface area (Å²) in [5.41, 5.74) is -3.73. The van der Waals surface area contributed by atoms with Gasteiger partial charge in [0.1, 0.15) is 0 Å². The fourth-order valence-corrected chi connectivity index (χ4v) is 2.25. The molecule has 2 aromatic rings. The molecular formula is C15H7ClF7NO. The number of hydrogen-bond donors (Lipinski definition) is 1. The molecule has 0 saturated carbocycles. The number of alkyl halides is 3. The minimum Gasteiger partial charge on any atom is -0.322 e. The van der Waals surface area contributed by atoms with Crippen LogP contribution in [0.5, 0.6) is 0 Å². The van der Waals surface area contributed by atoms with Gasteiger partial charge in [0.25, 0.3) is 5.91 Å². The number of halogens is 8. The molecule has 134 valence electrons. The first-order chi connectivity index (χ1) is 11.4. The van der Waals surface area contributed by atoms with Gasteiger partial charge < -0.3 is 5.32 Å². The second-order valence-corrected chi connectivity index (χ2v) is 5.31. The van der Waals surface area contributed by atoms with Crippen molar-refractivity contribution in [2.75, 3.05) is 5.32 Å². The predicted molar refractivity (Wildman–Crippen MR) is 75.4 cm³/mol. The van der Waals surface area contributed by atoms with Crippen LogP contribution in [0.4, 0.5) is 36.4 Å². The summed E-state index contributed by atoms with van der Waals surface area (Å²) in [6, 6.07) is 2.26. The maximum Gasteiger partial charge on any atom is 0.417 e. The molecule has 10 heteroatoms. The van der Waals surface area contributed by atoms with Crippen LogP contribution in [0.25, 0.3) is 0 Å². The number of amides is 1. The van der Waals surface area contributed by atoms with Crippen molar-refractivity contribution in [1.29, 1.82) is 0 Å². The molecule has 0 aliphatic carbocycles. The van der Waals surface area contributed by atoms with Crippen molar-refractivity contribution in [3.05, 3.63) is 63.2 Å². The summed E-state index contributed by atoms with van der Waals surface area (Å²) in [4.78, 5) is 12.0. The first kappa shape index (κ1) is 19.0. The predicted octanol–water partition coefficient (Wildman–Crippen LogP) is 5.48. The smallest absolute Gasteiger partial charge is 0.322 e. The van der Waals surface area contributed by atoms with Crippen molar-refractivity contribution < 1.29 is 35.5 Å². The maximum absolute atomic E-state index is 13.7. The molecule has 0 aliphatic heterocycles. The van der Waals surface area contributed by atoms with E-state index < -0.39 is 62.8 Å². The molecule has 1 N–H and O–H groups in total. The summed E-state index contributed by atoms with van der Waals surface area (Å²) >= 11 is 5.41. The van der Waals surface area contributed by atoms with Crippen LogP contribution in [-0.2, 0) is 6.18 Å². The normalized spacial score (nSPS) is 11.6. The first-order valence-electron chi connectivity index (χ1n) is 6.45. The fraction of sp³-hybridized carbons (Fsp3) is 0.133. The van der Waals surface area contributed by atoms with Gasteiger partial charge in [-0.2, -0.15) is 13.2 Å². The van der Waals surface area contributed by atoms with Crippen molar-refractivity contribution >= 4 is 23.2 Å². The van der Waals surface area contributed by atoms with E-state index in [2.05, 4.69) is 0 Å². The number of carbonyl (C=O) groups excluding carboxylic acids is 1. The van der Waals surface area contributed by atoms with Gasteiger partial charge >= 0.3 is 6.18 Å². The summed E-state index contributed by atoms with van der Waals surface area (Å²) in [5, 5.41) is 1.21. The molecule has 0 unspecified atom stereocenters. The minimum absolute atomic E-state index is 0.453. The molecule has 2 nitrogen and oxygen atoms in total. The molecule has 0 atom stereocenters. The molecule has 0 saturated heterocycles. The third-order valence-electron chi connectivity index (χ3n) is 3.26. The molecule has 25 heavy (non-hydrogen) atoms. The number of carbonyl (C=O) groups is 1. The number of anilines is 1. The molecule has 0 fully saturated rings. The van der Waals surface area contributed by atoms with E-state index in [-0.39, 0.29) is 0 Å². The lowest BCUT2D eigenvalue weighted by Crippen LogP contribution is -2.19. The lowest BCUT2D eigenvalue weighted by atomic mass is 10.1. The third-order valence-corrected chi connectivity index (χ3v) is 3.59. The highest BCUT2D eigenvalue weighted by Gasteiger charge is 2.34. The van der Waals surface area contributed by atoms with Crippen LogP contribution in [0.1, 0.15) is 21.5 Å². The largest absolute Gasteiger partial charge is 0.417 e. The van der Waals surface area contributed by atoms with E-state index >= 15 is 0 Å². The van der Waals surface area contributed by atoms with Crippen molar-refractivity contribution in [3.8, 4) is 0 Å². The average molecular weight is 386 g/mol. The van der Waals surface area contributed by atoms with E-state index in [0.717, 1.165) is 19.1 Å². The van der Waals surface area contributed by atoms with Gasteiger partial charge in [-0.1, -0.05) is 11.6 Å². The molecule has 0 radical (unpaired) electrons. The van der Waals surface area contributed by atoms with Crippen LogP contribution in [0, 0.1) is 30.2 Å². The van der Waals surface area contributed by atoms with Gasteiger partial charge in [-0.3, -0.25) is 4.79 Å². The Balaban J connectivity index is 2.46. The van der Waals surface area contributed by atoms with E-state index in [1.807, 2.05) is 5.32 Å². The van der Waals surface area contributed by atoms with Crippen molar-refractivity contribution in [2.24, 2.45) is 0 Å². The van der Waals surface area contributed by atoms with Crippen LogP contribution in [0.2, 0.25) is 5.02 Å². The Kier molecular flexibility index (Phi) is 4.99. The molecule has 1 amide bonds. The highest BCUT2D eigenvalue weighted by molar-refractivity contribution is 6.31. The molecule has 0 aromatic heterocycles. The number of benzene rings is 2. The van der Waals surface area contributed by atoms with Gasteiger partial charge in [-0.25, -0.2) is 17.6 Å². The zero-order chi connectivity index (χ0) is 19.1. The molecule has 2 rings (SSSR count). The van der Waals surface area contributed by atoms with E-state index in [9.17, 15) is 35.5 Å². The number of nitrogens with one attached hydrogen (secondary N) is 1. The average Bonchev–Trinajstić information content (AvgIpc) is 2.52. The lowest BCUT2D eigenvalue weighted by molar-refractivity contribution is -0.137. The molecule has 0 bridgehead atoms. The zero-order valence-electron chi connectivity index (χ0n) is 12.2. The zero-order valence-corrected chi connectivity index (χ0v) is 12.9. The first-order valence-corrected chi connectivity index (χ1v) is 6.83.